The monoisotopic (exact) mass is 387 g/mol. The van der Waals surface area contributed by atoms with Crippen molar-refractivity contribution in [3.05, 3.63) is 35.9 Å². The van der Waals surface area contributed by atoms with E-state index in [2.05, 4.69) is 10.6 Å². The first-order valence-electron chi connectivity index (χ1n) is 10.2. The Hall–Kier alpha value is -2.41. The highest BCUT2D eigenvalue weighted by Gasteiger charge is 2.26. The van der Waals surface area contributed by atoms with Crippen LogP contribution in [0.4, 0.5) is 0 Å². The number of ether oxygens (including phenoxy) is 1. The molecule has 1 saturated carbocycles. The van der Waals surface area contributed by atoms with Crippen molar-refractivity contribution in [2.75, 3.05) is 26.2 Å². The summed E-state index contributed by atoms with van der Waals surface area (Å²) in [5, 5.41) is 5.25. The fraction of sp³-hybridized carbons (Fsp3) is 0.571. The molecule has 1 heterocycles. The van der Waals surface area contributed by atoms with E-state index < -0.39 is 11.8 Å². The van der Waals surface area contributed by atoms with Gasteiger partial charge in [-0.25, -0.2) is 0 Å². The van der Waals surface area contributed by atoms with Crippen molar-refractivity contribution in [1.82, 2.24) is 15.5 Å². The molecule has 3 amide bonds. The number of carbonyl (C=O) groups excluding carboxylic acids is 3. The smallest absolute Gasteiger partial charge is 0.309 e. The second-order valence-electron chi connectivity index (χ2n) is 7.45. The largest absolute Gasteiger partial charge is 0.370 e. The third-order valence-corrected chi connectivity index (χ3v) is 5.39. The average molecular weight is 387 g/mol. The van der Waals surface area contributed by atoms with Crippen LogP contribution in [0.5, 0.6) is 0 Å². The molecule has 1 saturated heterocycles. The fourth-order valence-electron chi connectivity index (χ4n) is 3.77. The summed E-state index contributed by atoms with van der Waals surface area (Å²) >= 11 is 0. The molecule has 1 atom stereocenters. The number of carbonyl (C=O) groups is 3. The molecule has 3 rings (SSSR count). The van der Waals surface area contributed by atoms with Gasteiger partial charge in [0.2, 0.25) is 5.91 Å². The number of morpholine rings is 1. The number of nitrogens with one attached hydrogen (secondary N) is 2. The van der Waals surface area contributed by atoms with E-state index in [9.17, 15) is 14.4 Å². The Labute approximate surface area is 165 Å². The second kappa shape index (κ2) is 10.2. The molecule has 1 aliphatic heterocycles. The summed E-state index contributed by atoms with van der Waals surface area (Å²) in [6, 6.07) is 9.81. The number of hydrogen-bond donors (Lipinski definition) is 2. The van der Waals surface area contributed by atoms with Crippen molar-refractivity contribution < 1.29 is 19.1 Å². The van der Waals surface area contributed by atoms with E-state index in [1.165, 1.54) is 12.8 Å². The van der Waals surface area contributed by atoms with E-state index in [1.54, 1.807) is 4.90 Å². The highest BCUT2D eigenvalue weighted by Crippen LogP contribution is 2.21. The van der Waals surface area contributed by atoms with E-state index in [4.69, 9.17) is 4.74 Å². The van der Waals surface area contributed by atoms with Gasteiger partial charge in [0.15, 0.2) is 0 Å². The molecule has 28 heavy (non-hydrogen) atoms. The number of amides is 3. The maximum absolute atomic E-state index is 12.5. The molecule has 1 aromatic rings. The predicted molar refractivity (Wildman–Crippen MR) is 104 cm³/mol. The van der Waals surface area contributed by atoms with Gasteiger partial charge in [0.1, 0.15) is 6.10 Å². The highest BCUT2D eigenvalue weighted by molar-refractivity contribution is 6.35. The van der Waals surface area contributed by atoms with E-state index in [1.807, 2.05) is 30.3 Å². The first kappa shape index (κ1) is 20.3. The zero-order valence-electron chi connectivity index (χ0n) is 16.2. The average Bonchev–Trinajstić information content (AvgIpc) is 3.01. The maximum atomic E-state index is 12.5. The zero-order valence-corrected chi connectivity index (χ0v) is 16.2. The molecule has 7 nitrogen and oxygen atoms in total. The van der Waals surface area contributed by atoms with Crippen molar-refractivity contribution in [1.29, 1.82) is 0 Å². The van der Waals surface area contributed by atoms with Gasteiger partial charge in [-0.3, -0.25) is 14.4 Å². The van der Waals surface area contributed by atoms with E-state index >= 15 is 0 Å². The van der Waals surface area contributed by atoms with Gasteiger partial charge < -0.3 is 20.3 Å². The summed E-state index contributed by atoms with van der Waals surface area (Å²) in [6.07, 6.45) is 6.15. The van der Waals surface area contributed by atoms with Crippen LogP contribution in [0.25, 0.3) is 0 Å². The van der Waals surface area contributed by atoms with Crippen molar-refractivity contribution in [3.8, 4) is 0 Å². The summed E-state index contributed by atoms with van der Waals surface area (Å²) in [6.45, 7) is 1.18. The van der Waals surface area contributed by atoms with Crippen LogP contribution in [-0.2, 0) is 19.1 Å². The van der Waals surface area contributed by atoms with Crippen molar-refractivity contribution >= 4 is 17.7 Å². The number of hydrogen-bond acceptors (Lipinski definition) is 4. The first-order valence-corrected chi connectivity index (χ1v) is 10.2. The Morgan fingerprint density at radius 1 is 1.00 bits per heavy atom. The third-order valence-electron chi connectivity index (χ3n) is 5.39. The molecule has 2 fully saturated rings. The number of nitrogens with zero attached hydrogens (tertiary/aromatic N) is 1. The summed E-state index contributed by atoms with van der Waals surface area (Å²) in [7, 11) is 0. The molecular weight excluding hydrogens is 358 g/mol. The lowest BCUT2D eigenvalue weighted by Gasteiger charge is -2.33. The molecule has 0 bridgehead atoms. The van der Waals surface area contributed by atoms with Gasteiger partial charge in [-0.05, 0) is 18.4 Å². The third kappa shape index (κ3) is 5.79. The van der Waals surface area contributed by atoms with E-state index in [0.717, 1.165) is 31.2 Å². The quantitative estimate of drug-likeness (QED) is 0.606. The lowest BCUT2D eigenvalue weighted by molar-refractivity contribution is -0.143. The Balaban J connectivity index is 1.43. The van der Waals surface area contributed by atoms with Crippen LogP contribution in [0, 0.1) is 0 Å². The van der Waals surface area contributed by atoms with Gasteiger partial charge in [-0.2, -0.15) is 0 Å². The first-order chi connectivity index (χ1) is 13.6. The van der Waals surface area contributed by atoms with Gasteiger partial charge in [-0.1, -0.05) is 56.0 Å². The number of benzene rings is 1. The predicted octanol–water partition coefficient (Wildman–Crippen LogP) is 1.54. The van der Waals surface area contributed by atoms with E-state index in [0.29, 0.717) is 19.7 Å². The van der Waals surface area contributed by atoms with Crippen LogP contribution in [0.2, 0.25) is 0 Å². The van der Waals surface area contributed by atoms with Crippen molar-refractivity contribution in [2.24, 2.45) is 0 Å². The molecule has 152 valence electrons. The molecule has 0 aromatic heterocycles. The SMILES string of the molecule is O=C(NCC(=O)N1CCO[C@@H](c2ccccc2)C1)C(=O)NC1CCCCCC1. The van der Waals surface area contributed by atoms with Gasteiger partial charge in [0.25, 0.3) is 0 Å². The molecule has 7 heteroatoms. The highest BCUT2D eigenvalue weighted by atomic mass is 16.5. The van der Waals surface area contributed by atoms with Gasteiger partial charge in [-0.15, -0.1) is 0 Å². The Kier molecular flexibility index (Phi) is 7.42. The summed E-state index contributed by atoms with van der Waals surface area (Å²) in [5.41, 5.74) is 1.02. The van der Waals surface area contributed by atoms with Crippen molar-refractivity contribution in [2.45, 2.75) is 50.7 Å². The lowest BCUT2D eigenvalue weighted by atomic mass is 10.1. The molecule has 2 aliphatic rings. The Morgan fingerprint density at radius 2 is 1.71 bits per heavy atom. The van der Waals surface area contributed by atoms with Crippen LogP contribution < -0.4 is 10.6 Å². The normalized spacial score (nSPS) is 20.9. The molecule has 1 aromatic carbocycles. The van der Waals surface area contributed by atoms with E-state index in [-0.39, 0.29) is 24.6 Å². The van der Waals surface area contributed by atoms with Crippen LogP contribution in [0.1, 0.15) is 50.2 Å². The number of rotatable bonds is 4. The minimum Gasteiger partial charge on any atom is -0.370 e. The lowest BCUT2D eigenvalue weighted by Crippen LogP contribution is -2.49. The molecule has 0 unspecified atom stereocenters. The molecule has 1 aliphatic carbocycles. The Bertz CT molecular complexity index is 671. The van der Waals surface area contributed by atoms with Crippen LogP contribution >= 0.6 is 0 Å². The fourth-order valence-corrected chi connectivity index (χ4v) is 3.77. The minimum absolute atomic E-state index is 0.0577. The second-order valence-corrected chi connectivity index (χ2v) is 7.45. The summed E-state index contributed by atoms with van der Waals surface area (Å²) < 4.78 is 5.76. The zero-order chi connectivity index (χ0) is 19.8. The van der Waals surface area contributed by atoms with Crippen LogP contribution in [0.3, 0.4) is 0 Å². The molecular formula is C21H29N3O4. The maximum Gasteiger partial charge on any atom is 0.309 e. The van der Waals surface area contributed by atoms with Gasteiger partial charge >= 0.3 is 11.8 Å². The summed E-state index contributed by atoms with van der Waals surface area (Å²) in [5.74, 6) is -1.60. The van der Waals surface area contributed by atoms with Gasteiger partial charge in [0.05, 0.1) is 19.7 Å². The molecule has 0 spiro atoms. The molecule has 0 radical (unpaired) electrons. The topological polar surface area (TPSA) is 87.7 Å². The van der Waals surface area contributed by atoms with Gasteiger partial charge in [0, 0.05) is 12.6 Å². The van der Waals surface area contributed by atoms with Crippen molar-refractivity contribution in [3.63, 3.8) is 0 Å². The Morgan fingerprint density at radius 3 is 2.43 bits per heavy atom. The standard InChI is InChI=1S/C21H29N3O4/c25-19(24-12-13-28-18(15-24)16-8-4-3-5-9-16)14-22-20(26)21(27)23-17-10-6-1-2-7-11-17/h3-5,8-9,17-18H,1-2,6-7,10-15H2,(H,22,26)(H,23,27)/t18-/m1/s1. The minimum atomic E-state index is -0.745. The van der Waals surface area contributed by atoms with Crippen LogP contribution in [0.15, 0.2) is 30.3 Å². The van der Waals surface area contributed by atoms with Crippen LogP contribution in [-0.4, -0.2) is 54.9 Å². The molecule has 2 N–H and O–H groups in total. The summed E-state index contributed by atoms with van der Waals surface area (Å²) in [4.78, 5) is 38.3.